The second kappa shape index (κ2) is 5.87. The molecule has 6 heteroatoms. The molecule has 0 radical (unpaired) electrons. The lowest BCUT2D eigenvalue weighted by Gasteiger charge is -2.05. The molecule has 0 amide bonds. The first-order chi connectivity index (χ1) is 9.99. The zero-order valence-corrected chi connectivity index (χ0v) is 10.7. The molecule has 0 atom stereocenters. The molecule has 6 nitrogen and oxygen atoms in total. The van der Waals surface area contributed by atoms with Crippen LogP contribution in [-0.2, 0) is 0 Å². The molecule has 0 bridgehead atoms. The number of carbonyl (C=O) groups is 2. The highest BCUT2D eigenvalue weighted by atomic mass is 16.4. The summed E-state index contributed by atoms with van der Waals surface area (Å²) in [5, 5.41) is 27.4. The summed E-state index contributed by atoms with van der Waals surface area (Å²) in [7, 11) is 0. The number of aliphatic imine (C=N–C) groups is 1. The van der Waals surface area contributed by atoms with Gasteiger partial charge in [0.15, 0.2) is 0 Å². The van der Waals surface area contributed by atoms with E-state index in [1.165, 1.54) is 48.7 Å². The fraction of sp³-hybridized carbons (Fsp3) is 0. The number of phenols is 1. The lowest BCUT2D eigenvalue weighted by atomic mass is 10.0. The third kappa shape index (κ3) is 3.24. The smallest absolute Gasteiger partial charge is 0.336 e. The lowest BCUT2D eigenvalue weighted by molar-refractivity contribution is 0.0696. The number of hydrogen-bond acceptors (Lipinski definition) is 4. The summed E-state index contributed by atoms with van der Waals surface area (Å²) in [6.07, 6.45) is 1.19. The Bertz CT molecular complexity index is 687. The van der Waals surface area contributed by atoms with Crippen molar-refractivity contribution in [3.05, 3.63) is 59.2 Å². The minimum absolute atomic E-state index is 0.0191. The number of nitrogens with zero attached hydrogens (tertiary/aromatic N) is 1. The van der Waals surface area contributed by atoms with Gasteiger partial charge in [-0.05, 0) is 36.4 Å². The standard InChI is InChI=1S/C15H11NO5/c17-10-6-4-9(5-7-10)16-8-13-11(14(18)19)2-1-3-12(13)15(20)21/h1-8,17H,(H,18,19)(H,20,21). The number of rotatable bonds is 4. The summed E-state index contributed by atoms with van der Waals surface area (Å²) >= 11 is 0. The van der Waals surface area contributed by atoms with E-state index in [0.717, 1.165) is 0 Å². The summed E-state index contributed by atoms with van der Waals surface area (Å²) in [6, 6.07) is 9.89. The molecule has 3 N–H and O–H groups in total. The molecule has 106 valence electrons. The van der Waals surface area contributed by atoms with Crippen molar-refractivity contribution < 1.29 is 24.9 Å². The van der Waals surface area contributed by atoms with Gasteiger partial charge in [-0.1, -0.05) is 6.07 Å². The molecule has 0 aliphatic rings. The number of phenolic OH excluding ortho intramolecular Hbond substituents is 1. The second-order valence-electron chi connectivity index (χ2n) is 4.15. The molecule has 0 saturated carbocycles. The van der Waals surface area contributed by atoms with Crippen molar-refractivity contribution in [3.8, 4) is 5.75 Å². The molecular weight excluding hydrogens is 274 g/mol. The van der Waals surface area contributed by atoms with E-state index in [1.54, 1.807) is 0 Å². The lowest BCUT2D eigenvalue weighted by Crippen LogP contribution is -2.09. The van der Waals surface area contributed by atoms with Crippen LogP contribution in [0.5, 0.6) is 5.75 Å². The van der Waals surface area contributed by atoms with Crippen LogP contribution in [0.2, 0.25) is 0 Å². The quantitative estimate of drug-likeness (QED) is 0.748. The van der Waals surface area contributed by atoms with E-state index in [0.29, 0.717) is 5.69 Å². The molecule has 0 fully saturated rings. The topological polar surface area (TPSA) is 107 Å². The van der Waals surface area contributed by atoms with Crippen molar-refractivity contribution in [2.24, 2.45) is 4.99 Å². The molecule has 0 aromatic heterocycles. The minimum Gasteiger partial charge on any atom is -0.508 e. The molecule has 2 aromatic carbocycles. The monoisotopic (exact) mass is 285 g/mol. The number of hydrogen-bond donors (Lipinski definition) is 3. The van der Waals surface area contributed by atoms with Crippen LogP contribution in [0.15, 0.2) is 47.5 Å². The maximum atomic E-state index is 11.2. The summed E-state index contributed by atoms with van der Waals surface area (Å²) in [5.74, 6) is -2.39. The Labute approximate surface area is 119 Å². The van der Waals surface area contributed by atoms with Crippen molar-refractivity contribution in [2.45, 2.75) is 0 Å². The Morgan fingerprint density at radius 2 is 1.43 bits per heavy atom. The fourth-order valence-electron chi connectivity index (χ4n) is 1.76. The van der Waals surface area contributed by atoms with E-state index in [-0.39, 0.29) is 22.4 Å². The van der Waals surface area contributed by atoms with Gasteiger partial charge in [0.1, 0.15) is 5.75 Å². The molecule has 0 saturated heterocycles. The van der Waals surface area contributed by atoms with Gasteiger partial charge in [0.2, 0.25) is 0 Å². The Balaban J connectivity index is 2.48. The summed E-state index contributed by atoms with van der Waals surface area (Å²) in [4.78, 5) is 26.4. The van der Waals surface area contributed by atoms with E-state index >= 15 is 0 Å². The Hall–Kier alpha value is -3.15. The van der Waals surface area contributed by atoms with Gasteiger partial charge in [0, 0.05) is 11.8 Å². The van der Waals surface area contributed by atoms with E-state index in [2.05, 4.69) is 4.99 Å². The van der Waals surface area contributed by atoms with Gasteiger partial charge in [0.25, 0.3) is 0 Å². The highest BCUT2D eigenvalue weighted by Crippen LogP contribution is 2.18. The first-order valence-electron chi connectivity index (χ1n) is 5.91. The molecule has 0 aliphatic heterocycles. The Morgan fingerprint density at radius 3 is 1.90 bits per heavy atom. The highest BCUT2D eigenvalue weighted by Gasteiger charge is 2.16. The number of carboxylic acids is 2. The second-order valence-corrected chi connectivity index (χ2v) is 4.15. The molecule has 0 aliphatic carbocycles. The van der Waals surface area contributed by atoms with Crippen LogP contribution in [0.25, 0.3) is 0 Å². The minimum atomic E-state index is -1.23. The predicted molar refractivity (Wildman–Crippen MR) is 75.7 cm³/mol. The molecule has 0 spiro atoms. The third-order valence-corrected chi connectivity index (χ3v) is 2.76. The Morgan fingerprint density at radius 1 is 0.905 bits per heavy atom. The molecule has 0 heterocycles. The van der Waals surface area contributed by atoms with Crippen LogP contribution in [0.4, 0.5) is 5.69 Å². The largest absolute Gasteiger partial charge is 0.508 e. The maximum Gasteiger partial charge on any atom is 0.336 e. The van der Waals surface area contributed by atoms with Crippen LogP contribution in [0, 0.1) is 0 Å². The van der Waals surface area contributed by atoms with Crippen molar-refractivity contribution in [1.82, 2.24) is 0 Å². The molecule has 2 rings (SSSR count). The van der Waals surface area contributed by atoms with E-state index < -0.39 is 11.9 Å². The summed E-state index contributed by atoms with van der Waals surface area (Å²) in [6.45, 7) is 0. The van der Waals surface area contributed by atoms with Crippen molar-refractivity contribution in [2.75, 3.05) is 0 Å². The van der Waals surface area contributed by atoms with Crippen molar-refractivity contribution in [3.63, 3.8) is 0 Å². The summed E-state index contributed by atoms with van der Waals surface area (Å²) < 4.78 is 0. The zero-order chi connectivity index (χ0) is 15.4. The zero-order valence-electron chi connectivity index (χ0n) is 10.7. The fourth-order valence-corrected chi connectivity index (χ4v) is 1.76. The van der Waals surface area contributed by atoms with Crippen LogP contribution in [0.3, 0.4) is 0 Å². The molecule has 21 heavy (non-hydrogen) atoms. The summed E-state index contributed by atoms with van der Waals surface area (Å²) in [5.41, 5.74) is 0.199. The SMILES string of the molecule is O=C(O)c1cccc(C(=O)O)c1C=Nc1ccc(O)cc1. The first-order valence-corrected chi connectivity index (χ1v) is 5.91. The number of benzene rings is 2. The van der Waals surface area contributed by atoms with E-state index in [9.17, 15) is 9.59 Å². The number of aromatic hydroxyl groups is 1. The first kappa shape index (κ1) is 14.3. The average Bonchev–Trinajstić information content (AvgIpc) is 2.46. The maximum absolute atomic E-state index is 11.2. The average molecular weight is 285 g/mol. The molecule has 2 aromatic rings. The van der Waals surface area contributed by atoms with Crippen LogP contribution >= 0.6 is 0 Å². The third-order valence-electron chi connectivity index (χ3n) is 2.76. The molecule has 0 unspecified atom stereocenters. The highest BCUT2D eigenvalue weighted by molar-refractivity contribution is 6.06. The van der Waals surface area contributed by atoms with Crippen LogP contribution < -0.4 is 0 Å². The van der Waals surface area contributed by atoms with Crippen LogP contribution in [0.1, 0.15) is 26.3 Å². The number of carboxylic acid groups (broad SMARTS) is 2. The van der Waals surface area contributed by atoms with Gasteiger partial charge in [-0.15, -0.1) is 0 Å². The molecular formula is C15H11NO5. The normalized spacial score (nSPS) is 10.7. The van der Waals surface area contributed by atoms with E-state index in [4.69, 9.17) is 15.3 Å². The van der Waals surface area contributed by atoms with Gasteiger partial charge in [0.05, 0.1) is 16.8 Å². The van der Waals surface area contributed by atoms with Gasteiger partial charge in [-0.25, -0.2) is 9.59 Å². The van der Waals surface area contributed by atoms with Gasteiger partial charge in [-0.2, -0.15) is 0 Å². The van der Waals surface area contributed by atoms with Crippen molar-refractivity contribution in [1.29, 1.82) is 0 Å². The predicted octanol–water partition coefficient (Wildman–Crippen LogP) is 2.54. The number of aromatic carboxylic acids is 2. The van der Waals surface area contributed by atoms with Crippen molar-refractivity contribution >= 4 is 23.8 Å². The van der Waals surface area contributed by atoms with E-state index in [1.807, 2.05) is 0 Å². The Kier molecular flexibility index (Phi) is 3.99. The van der Waals surface area contributed by atoms with Gasteiger partial charge >= 0.3 is 11.9 Å². The van der Waals surface area contributed by atoms with Gasteiger partial charge in [-0.3, -0.25) is 4.99 Å². The van der Waals surface area contributed by atoms with Crippen LogP contribution in [-0.4, -0.2) is 33.5 Å². The van der Waals surface area contributed by atoms with Gasteiger partial charge < -0.3 is 15.3 Å².